The molecule has 0 saturated heterocycles. The molecular weight excluding hydrogens is 615 g/mol. The Balaban J connectivity index is 1.22. The first-order valence-electron chi connectivity index (χ1n) is 18.5. The summed E-state index contributed by atoms with van der Waals surface area (Å²) in [7, 11) is 0. The van der Waals surface area contributed by atoms with E-state index in [1.54, 1.807) is 0 Å². The van der Waals surface area contributed by atoms with Crippen molar-refractivity contribution < 1.29 is 0 Å². The lowest BCUT2D eigenvalue weighted by molar-refractivity contribution is 0.640. The van der Waals surface area contributed by atoms with Crippen molar-refractivity contribution >= 4 is 17.1 Å². The molecule has 0 fully saturated rings. The van der Waals surface area contributed by atoms with Crippen LogP contribution in [-0.2, 0) is 10.8 Å². The minimum absolute atomic E-state index is 0.144. The highest BCUT2D eigenvalue weighted by Crippen LogP contribution is 2.59. The van der Waals surface area contributed by atoms with E-state index in [1.165, 1.54) is 89.4 Å². The van der Waals surface area contributed by atoms with Crippen LogP contribution in [0.15, 0.2) is 146 Å². The molecule has 0 aromatic heterocycles. The van der Waals surface area contributed by atoms with Crippen LogP contribution in [0.3, 0.4) is 0 Å². The van der Waals surface area contributed by atoms with Crippen molar-refractivity contribution in [3.63, 3.8) is 0 Å². The molecule has 1 heteroatoms. The number of aryl methyl sites for hydroxylation is 2. The molecule has 6 aromatic rings. The molecule has 0 radical (unpaired) electrons. The van der Waals surface area contributed by atoms with Crippen molar-refractivity contribution in [3.05, 3.63) is 185 Å². The quantitative estimate of drug-likeness (QED) is 0.178. The van der Waals surface area contributed by atoms with Gasteiger partial charge in [-0.1, -0.05) is 136 Å². The predicted octanol–water partition coefficient (Wildman–Crippen LogP) is 13.7. The number of anilines is 3. The first kappa shape index (κ1) is 31.6. The molecule has 6 aromatic carbocycles. The molecule has 1 atom stereocenters. The normalized spacial score (nSPS) is 17.1. The largest absolute Gasteiger partial charge is 0.310 e. The first-order chi connectivity index (χ1) is 24.6. The Morgan fingerprint density at radius 1 is 0.529 bits per heavy atom. The molecule has 0 aliphatic heterocycles. The van der Waals surface area contributed by atoms with Crippen LogP contribution in [-0.4, -0.2) is 0 Å². The van der Waals surface area contributed by atoms with Crippen molar-refractivity contribution in [2.75, 3.05) is 4.90 Å². The van der Waals surface area contributed by atoms with E-state index in [9.17, 15) is 0 Å². The molecule has 0 amide bonds. The van der Waals surface area contributed by atoms with E-state index in [0.717, 1.165) is 6.42 Å². The lowest BCUT2D eigenvalue weighted by atomic mass is 9.75. The van der Waals surface area contributed by atoms with E-state index in [1.807, 2.05) is 0 Å². The number of allylic oxidation sites excluding steroid dienone is 4. The van der Waals surface area contributed by atoms with Gasteiger partial charge in [0, 0.05) is 33.8 Å². The average Bonchev–Trinajstić information content (AvgIpc) is 3.52. The number of benzene rings is 6. The van der Waals surface area contributed by atoms with Gasteiger partial charge < -0.3 is 4.90 Å². The van der Waals surface area contributed by atoms with Crippen molar-refractivity contribution in [1.82, 2.24) is 0 Å². The Hall–Kier alpha value is -5.40. The highest BCUT2D eigenvalue weighted by molar-refractivity contribution is 5.97. The summed E-state index contributed by atoms with van der Waals surface area (Å²) in [6, 6.07) is 45.9. The zero-order valence-corrected chi connectivity index (χ0v) is 30.6. The minimum Gasteiger partial charge on any atom is -0.310 e. The summed E-state index contributed by atoms with van der Waals surface area (Å²) in [6.07, 6.45) is 10.2. The Morgan fingerprint density at radius 2 is 1.12 bits per heavy atom. The van der Waals surface area contributed by atoms with Gasteiger partial charge in [0.1, 0.15) is 0 Å². The summed E-state index contributed by atoms with van der Waals surface area (Å²) in [6.45, 7) is 14.1. The van der Waals surface area contributed by atoms with E-state index in [4.69, 9.17) is 0 Å². The van der Waals surface area contributed by atoms with Crippen LogP contribution in [0, 0.1) is 13.8 Å². The third-order valence-corrected chi connectivity index (χ3v) is 11.9. The smallest absolute Gasteiger partial charge is 0.0465 e. The van der Waals surface area contributed by atoms with Crippen LogP contribution < -0.4 is 4.90 Å². The van der Waals surface area contributed by atoms with Gasteiger partial charge in [0.25, 0.3) is 0 Å². The van der Waals surface area contributed by atoms with Crippen LogP contribution in [0.4, 0.5) is 17.1 Å². The summed E-state index contributed by atoms with van der Waals surface area (Å²) in [5.74, 6) is 0.384. The third-order valence-electron chi connectivity index (χ3n) is 11.9. The zero-order valence-electron chi connectivity index (χ0n) is 30.6. The van der Waals surface area contributed by atoms with Crippen LogP contribution in [0.1, 0.15) is 79.0 Å². The fraction of sp³-hybridized carbons (Fsp3) is 0.200. The number of hydrogen-bond donors (Lipinski definition) is 0. The highest BCUT2D eigenvalue weighted by Gasteiger charge is 2.44. The summed E-state index contributed by atoms with van der Waals surface area (Å²) < 4.78 is 0. The molecule has 3 aliphatic carbocycles. The number of rotatable bonds is 5. The summed E-state index contributed by atoms with van der Waals surface area (Å²) in [4.78, 5) is 2.40. The Bertz CT molecular complexity index is 2340. The summed E-state index contributed by atoms with van der Waals surface area (Å²) >= 11 is 0. The predicted molar refractivity (Wildman–Crippen MR) is 217 cm³/mol. The second-order valence-corrected chi connectivity index (χ2v) is 15.9. The van der Waals surface area contributed by atoms with E-state index >= 15 is 0 Å². The SMILES string of the molecule is Cc1ccc(N(c2ccc(C)cc2)c2ccc3c(c2)C(C)(C)c2cc4c(cc2-3)C(C)(C)c2c(C3C=CC=CC3)ccc(-c3ccccc3)c2-4)cc1. The Kier molecular flexibility index (Phi) is 7.16. The molecule has 3 aliphatic rings. The molecular formula is C50H45N. The van der Waals surface area contributed by atoms with Crippen molar-refractivity contribution in [2.45, 2.75) is 64.7 Å². The van der Waals surface area contributed by atoms with E-state index in [-0.39, 0.29) is 10.8 Å². The lowest BCUT2D eigenvalue weighted by Crippen LogP contribution is -2.19. The fourth-order valence-corrected chi connectivity index (χ4v) is 9.15. The second-order valence-electron chi connectivity index (χ2n) is 15.9. The third kappa shape index (κ3) is 4.89. The molecule has 250 valence electrons. The molecule has 0 spiro atoms. The second kappa shape index (κ2) is 11.6. The van der Waals surface area contributed by atoms with E-state index < -0.39 is 0 Å². The fourth-order valence-electron chi connectivity index (χ4n) is 9.15. The van der Waals surface area contributed by atoms with Gasteiger partial charge in [-0.2, -0.15) is 0 Å². The lowest BCUT2D eigenvalue weighted by Gasteiger charge is -2.28. The minimum atomic E-state index is -0.170. The van der Waals surface area contributed by atoms with Gasteiger partial charge in [0.05, 0.1) is 0 Å². The standard InChI is InChI=1S/C50H45N/c1-32-17-21-36(22-18-32)51(37-23-19-33(2)20-24-37)38-25-26-41-42-30-46-43(31-45(42)49(3,4)44(41)29-38)47-39(34-13-9-7-10-14-34)27-28-40(48(47)50(46,5)6)35-15-11-8-12-16-35/h7-15,17-31,35H,16H2,1-6H3. The summed E-state index contributed by atoms with van der Waals surface area (Å²) in [5, 5.41) is 0. The molecule has 0 bridgehead atoms. The van der Waals surface area contributed by atoms with Gasteiger partial charge in [-0.3, -0.25) is 0 Å². The maximum atomic E-state index is 2.57. The highest BCUT2D eigenvalue weighted by atomic mass is 15.1. The molecule has 0 heterocycles. The van der Waals surface area contributed by atoms with Crippen molar-refractivity contribution in [3.8, 4) is 33.4 Å². The Morgan fingerprint density at radius 3 is 1.76 bits per heavy atom. The summed E-state index contributed by atoms with van der Waals surface area (Å²) in [5.41, 5.74) is 21.1. The van der Waals surface area contributed by atoms with Gasteiger partial charge in [-0.25, -0.2) is 0 Å². The van der Waals surface area contributed by atoms with Gasteiger partial charge in [0.15, 0.2) is 0 Å². The van der Waals surface area contributed by atoms with Gasteiger partial charge >= 0.3 is 0 Å². The van der Waals surface area contributed by atoms with Crippen LogP contribution >= 0.6 is 0 Å². The number of nitrogens with zero attached hydrogens (tertiary/aromatic N) is 1. The van der Waals surface area contributed by atoms with Crippen LogP contribution in [0.5, 0.6) is 0 Å². The van der Waals surface area contributed by atoms with Gasteiger partial charge in [0.2, 0.25) is 0 Å². The van der Waals surface area contributed by atoms with Crippen molar-refractivity contribution in [1.29, 1.82) is 0 Å². The first-order valence-corrected chi connectivity index (χ1v) is 18.5. The average molecular weight is 660 g/mol. The molecule has 1 unspecified atom stereocenters. The monoisotopic (exact) mass is 659 g/mol. The number of hydrogen-bond acceptors (Lipinski definition) is 1. The van der Waals surface area contributed by atoms with Gasteiger partial charge in [-0.05, 0) is 130 Å². The van der Waals surface area contributed by atoms with Crippen LogP contribution in [0.25, 0.3) is 33.4 Å². The molecule has 1 nitrogen and oxygen atoms in total. The van der Waals surface area contributed by atoms with E-state index in [2.05, 4.69) is 192 Å². The number of fused-ring (bicyclic) bond motifs is 6. The Labute approximate surface area is 303 Å². The van der Waals surface area contributed by atoms with Gasteiger partial charge in [-0.15, -0.1) is 0 Å². The maximum Gasteiger partial charge on any atom is 0.0465 e. The van der Waals surface area contributed by atoms with Crippen molar-refractivity contribution in [2.24, 2.45) is 0 Å². The van der Waals surface area contributed by atoms with Crippen LogP contribution in [0.2, 0.25) is 0 Å². The molecule has 9 rings (SSSR count). The topological polar surface area (TPSA) is 3.24 Å². The molecule has 51 heavy (non-hydrogen) atoms. The molecule has 0 N–H and O–H groups in total. The molecule has 0 saturated carbocycles. The zero-order chi connectivity index (χ0) is 35.1. The van der Waals surface area contributed by atoms with E-state index in [0.29, 0.717) is 5.92 Å². The maximum absolute atomic E-state index is 2.57.